The van der Waals surface area contributed by atoms with Crippen molar-refractivity contribution in [2.45, 2.75) is 26.2 Å². The van der Waals surface area contributed by atoms with E-state index in [1.54, 1.807) is 0 Å². The van der Waals surface area contributed by atoms with Gasteiger partial charge in [0.2, 0.25) is 0 Å². The van der Waals surface area contributed by atoms with Crippen molar-refractivity contribution in [3.63, 3.8) is 0 Å². The molecule has 1 aromatic rings. The monoisotopic (exact) mass is 216 g/mol. The van der Waals surface area contributed by atoms with E-state index in [4.69, 9.17) is 0 Å². The SMILES string of the molecule is CC1CCCC(=NNc2ccccc2)C1=O. The van der Waals surface area contributed by atoms with E-state index in [2.05, 4.69) is 10.5 Å². The largest absolute Gasteiger partial charge is 0.292 e. The highest BCUT2D eigenvalue weighted by molar-refractivity contribution is 6.41. The zero-order valence-electron chi connectivity index (χ0n) is 9.44. The summed E-state index contributed by atoms with van der Waals surface area (Å²) >= 11 is 0. The lowest BCUT2D eigenvalue weighted by atomic mass is 9.88. The number of rotatable bonds is 2. The summed E-state index contributed by atoms with van der Waals surface area (Å²) in [6.45, 7) is 1.97. The van der Waals surface area contributed by atoms with Crippen LogP contribution < -0.4 is 5.43 Å². The Morgan fingerprint density at radius 2 is 2.06 bits per heavy atom. The van der Waals surface area contributed by atoms with Crippen LogP contribution in [0.15, 0.2) is 35.4 Å². The highest BCUT2D eigenvalue weighted by atomic mass is 16.1. The minimum atomic E-state index is 0.130. The van der Waals surface area contributed by atoms with Crippen LogP contribution in [-0.2, 0) is 4.79 Å². The molecule has 0 bridgehead atoms. The molecular weight excluding hydrogens is 200 g/mol. The second kappa shape index (κ2) is 4.92. The zero-order valence-corrected chi connectivity index (χ0v) is 9.44. The van der Waals surface area contributed by atoms with Crippen LogP contribution >= 0.6 is 0 Å². The van der Waals surface area contributed by atoms with Crippen LogP contribution in [0.4, 0.5) is 5.69 Å². The summed E-state index contributed by atoms with van der Waals surface area (Å²) < 4.78 is 0. The Labute approximate surface area is 95.6 Å². The van der Waals surface area contributed by atoms with Gasteiger partial charge in [-0.15, -0.1) is 0 Å². The summed E-state index contributed by atoms with van der Waals surface area (Å²) in [6.07, 6.45) is 2.84. The van der Waals surface area contributed by atoms with Gasteiger partial charge >= 0.3 is 0 Å². The average molecular weight is 216 g/mol. The van der Waals surface area contributed by atoms with Gasteiger partial charge < -0.3 is 0 Å². The lowest BCUT2D eigenvalue weighted by molar-refractivity contribution is -0.116. The average Bonchev–Trinajstić information content (AvgIpc) is 2.32. The number of carbonyl (C=O) groups excluding carboxylic acids is 1. The van der Waals surface area contributed by atoms with Crippen molar-refractivity contribution < 1.29 is 4.79 Å². The maximum atomic E-state index is 11.8. The fourth-order valence-electron chi connectivity index (χ4n) is 1.87. The lowest BCUT2D eigenvalue weighted by Gasteiger charge is -2.17. The molecule has 0 spiro atoms. The first kappa shape index (κ1) is 10.9. The van der Waals surface area contributed by atoms with Gasteiger partial charge in [0.25, 0.3) is 0 Å². The molecule has 1 unspecified atom stereocenters. The molecule has 1 aliphatic carbocycles. The van der Waals surface area contributed by atoms with E-state index in [1.165, 1.54) is 0 Å². The summed E-state index contributed by atoms with van der Waals surface area (Å²) in [7, 11) is 0. The van der Waals surface area contributed by atoms with Crippen LogP contribution in [0.25, 0.3) is 0 Å². The molecule has 1 atom stereocenters. The highest BCUT2D eigenvalue weighted by Gasteiger charge is 2.23. The number of para-hydroxylation sites is 1. The van der Waals surface area contributed by atoms with Crippen LogP contribution in [-0.4, -0.2) is 11.5 Å². The third-order valence-electron chi connectivity index (χ3n) is 2.88. The number of ketones is 1. The Hall–Kier alpha value is -1.64. The standard InChI is InChI=1S/C13H16N2O/c1-10-6-5-9-12(13(10)16)15-14-11-7-3-2-4-8-11/h2-4,7-8,10,14H,5-6,9H2,1H3. The summed E-state index contributed by atoms with van der Waals surface area (Å²) in [5.41, 5.74) is 4.53. The molecule has 84 valence electrons. The number of anilines is 1. The van der Waals surface area contributed by atoms with Crippen molar-refractivity contribution in [3.8, 4) is 0 Å². The second-order valence-corrected chi connectivity index (χ2v) is 4.19. The van der Waals surface area contributed by atoms with Crippen molar-refractivity contribution in [1.82, 2.24) is 0 Å². The number of nitrogens with one attached hydrogen (secondary N) is 1. The number of benzene rings is 1. The predicted octanol–water partition coefficient (Wildman–Crippen LogP) is 2.84. The lowest BCUT2D eigenvalue weighted by Crippen LogP contribution is -2.27. The third-order valence-corrected chi connectivity index (χ3v) is 2.88. The minimum absolute atomic E-state index is 0.130. The summed E-state index contributed by atoms with van der Waals surface area (Å²) in [5.74, 6) is 0.319. The molecule has 0 aliphatic heterocycles. The van der Waals surface area contributed by atoms with Crippen LogP contribution in [0.2, 0.25) is 0 Å². The first-order valence-corrected chi connectivity index (χ1v) is 5.69. The number of Topliss-reactive ketones (excluding diaryl/α,β-unsaturated/α-hetero) is 1. The van der Waals surface area contributed by atoms with Crippen LogP contribution in [0, 0.1) is 5.92 Å². The molecule has 0 radical (unpaired) electrons. The van der Waals surface area contributed by atoms with Crippen molar-refractivity contribution >= 4 is 17.2 Å². The Kier molecular flexibility index (Phi) is 3.34. The summed E-state index contributed by atoms with van der Waals surface area (Å²) in [5, 5.41) is 4.20. The maximum absolute atomic E-state index is 11.8. The molecule has 3 heteroatoms. The molecule has 0 saturated heterocycles. The second-order valence-electron chi connectivity index (χ2n) is 4.19. The fraction of sp³-hybridized carbons (Fsp3) is 0.385. The molecular formula is C13H16N2O. The van der Waals surface area contributed by atoms with Gasteiger partial charge in [-0.3, -0.25) is 10.2 Å². The molecule has 1 aliphatic rings. The van der Waals surface area contributed by atoms with E-state index < -0.39 is 0 Å². The number of hydrazone groups is 1. The first-order chi connectivity index (χ1) is 7.77. The Bertz CT molecular complexity index is 398. The van der Waals surface area contributed by atoms with Gasteiger partial charge in [-0.2, -0.15) is 5.10 Å². The Morgan fingerprint density at radius 3 is 2.81 bits per heavy atom. The van der Waals surface area contributed by atoms with Crippen molar-refractivity contribution in [2.75, 3.05) is 5.43 Å². The van der Waals surface area contributed by atoms with Crippen LogP contribution in [0.3, 0.4) is 0 Å². The molecule has 1 N–H and O–H groups in total. The van der Waals surface area contributed by atoms with Crippen molar-refractivity contribution in [3.05, 3.63) is 30.3 Å². The molecule has 1 aromatic carbocycles. The minimum Gasteiger partial charge on any atom is -0.292 e. The number of nitrogens with zero attached hydrogens (tertiary/aromatic N) is 1. The van der Waals surface area contributed by atoms with Crippen LogP contribution in [0.5, 0.6) is 0 Å². The fourth-order valence-corrected chi connectivity index (χ4v) is 1.87. The van der Waals surface area contributed by atoms with Gasteiger partial charge in [0.05, 0.1) is 5.69 Å². The molecule has 3 nitrogen and oxygen atoms in total. The van der Waals surface area contributed by atoms with E-state index in [1.807, 2.05) is 37.3 Å². The van der Waals surface area contributed by atoms with Gasteiger partial charge in [0.1, 0.15) is 5.71 Å². The van der Waals surface area contributed by atoms with Crippen molar-refractivity contribution in [1.29, 1.82) is 0 Å². The first-order valence-electron chi connectivity index (χ1n) is 5.69. The topological polar surface area (TPSA) is 41.5 Å². The molecule has 1 fully saturated rings. The van der Waals surface area contributed by atoms with E-state index >= 15 is 0 Å². The number of hydrogen-bond donors (Lipinski definition) is 1. The van der Waals surface area contributed by atoms with Crippen molar-refractivity contribution in [2.24, 2.45) is 11.0 Å². The molecule has 16 heavy (non-hydrogen) atoms. The van der Waals surface area contributed by atoms with E-state index in [-0.39, 0.29) is 11.7 Å². The Balaban J connectivity index is 2.04. The number of carbonyl (C=O) groups is 1. The normalized spacial score (nSPS) is 23.4. The zero-order chi connectivity index (χ0) is 11.4. The molecule has 0 heterocycles. The smallest absolute Gasteiger partial charge is 0.181 e. The third kappa shape index (κ3) is 2.48. The number of hydrogen-bond acceptors (Lipinski definition) is 3. The summed E-state index contributed by atoms with van der Waals surface area (Å²) in [4.78, 5) is 11.8. The quantitative estimate of drug-likeness (QED) is 0.772. The molecule has 1 saturated carbocycles. The highest BCUT2D eigenvalue weighted by Crippen LogP contribution is 2.18. The maximum Gasteiger partial charge on any atom is 0.181 e. The van der Waals surface area contributed by atoms with E-state index in [0.717, 1.165) is 24.9 Å². The van der Waals surface area contributed by atoms with Gasteiger partial charge in [0.15, 0.2) is 5.78 Å². The van der Waals surface area contributed by atoms with Gasteiger partial charge in [-0.1, -0.05) is 25.1 Å². The Morgan fingerprint density at radius 1 is 1.31 bits per heavy atom. The van der Waals surface area contributed by atoms with Gasteiger partial charge in [0, 0.05) is 5.92 Å². The molecule has 0 amide bonds. The van der Waals surface area contributed by atoms with Gasteiger partial charge in [-0.25, -0.2) is 0 Å². The van der Waals surface area contributed by atoms with Crippen LogP contribution in [0.1, 0.15) is 26.2 Å². The van der Waals surface area contributed by atoms with E-state index in [0.29, 0.717) is 5.71 Å². The van der Waals surface area contributed by atoms with Gasteiger partial charge in [-0.05, 0) is 31.4 Å². The predicted molar refractivity (Wildman–Crippen MR) is 65.5 cm³/mol. The summed E-state index contributed by atoms with van der Waals surface area (Å²) in [6, 6.07) is 9.69. The molecule has 2 rings (SSSR count). The molecule has 0 aromatic heterocycles. The van der Waals surface area contributed by atoms with E-state index in [9.17, 15) is 4.79 Å².